The van der Waals surface area contributed by atoms with Crippen LogP contribution in [0, 0.1) is 5.92 Å². The quantitative estimate of drug-likeness (QED) is 0.556. The van der Waals surface area contributed by atoms with E-state index in [1.165, 1.54) is 6.33 Å². The van der Waals surface area contributed by atoms with Gasteiger partial charge in [0.1, 0.15) is 23.2 Å². The highest BCUT2D eigenvalue weighted by Crippen LogP contribution is 2.26. The van der Waals surface area contributed by atoms with E-state index in [0.717, 1.165) is 48.0 Å². The van der Waals surface area contributed by atoms with Crippen LogP contribution in [0.1, 0.15) is 12.8 Å². The molecule has 1 saturated heterocycles. The average molecular weight is 406 g/mol. The number of carbonyl (C=O) groups excluding carboxylic acids is 1. The fraction of sp³-hybridized carbons (Fsp3) is 0.263. The molecule has 1 N–H and O–H groups in total. The maximum atomic E-state index is 12.9. The molecule has 4 heterocycles. The SMILES string of the molecule is O=C(Nc1cccc2nsnc12)C1CCCN(c2cc(-n3cccn3)ncn2)C1. The number of aromatic nitrogens is 6. The molecule has 1 aromatic carbocycles. The number of amides is 1. The largest absolute Gasteiger partial charge is 0.356 e. The van der Waals surface area contributed by atoms with Gasteiger partial charge in [0.05, 0.1) is 23.3 Å². The van der Waals surface area contributed by atoms with Gasteiger partial charge in [0, 0.05) is 31.5 Å². The molecule has 0 spiro atoms. The molecule has 1 unspecified atom stereocenters. The third kappa shape index (κ3) is 3.54. The standard InChI is InChI=1S/C19H18N8OS/c28-19(23-14-5-1-6-15-18(14)25-29-24-15)13-4-2-8-26(11-13)16-10-17(21-12-20-16)27-9-3-7-22-27/h1,3,5-7,9-10,12-13H,2,4,8,11H2,(H,23,28). The molecule has 10 heteroatoms. The van der Waals surface area contributed by atoms with Crippen molar-refractivity contribution in [2.45, 2.75) is 12.8 Å². The summed E-state index contributed by atoms with van der Waals surface area (Å²) in [5.74, 6) is 1.37. The Kier molecular flexibility index (Phi) is 4.60. The first-order chi connectivity index (χ1) is 14.3. The zero-order valence-corrected chi connectivity index (χ0v) is 16.3. The van der Waals surface area contributed by atoms with Crippen molar-refractivity contribution in [2.24, 2.45) is 5.92 Å². The Bertz CT molecular complexity index is 1140. The molecule has 1 fully saturated rings. The first-order valence-corrected chi connectivity index (χ1v) is 10.1. The van der Waals surface area contributed by atoms with Crippen LogP contribution in [0.5, 0.6) is 0 Å². The second kappa shape index (κ2) is 7.55. The number of piperidine rings is 1. The lowest BCUT2D eigenvalue weighted by atomic mass is 9.97. The van der Waals surface area contributed by atoms with Gasteiger partial charge in [-0.2, -0.15) is 13.8 Å². The van der Waals surface area contributed by atoms with Gasteiger partial charge in [-0.15, -0.1) is 0 Å². The molecule has 4 aromatic rings. The summed E-state index contributed by atoms with van der Waals surface area (Å²) in [5, 5.41) is 7.25. The summed E-state index contributed by atoms with van der Waals surface area (Å²) in [6.45, 7) is 1.46. The maximum Gasteiger partial charge on any atom is 0.229 e. The van der Waals surface area contributed by atoms with Gasteiger partial charge < -0.3 is 10.2 Å². The Morgan fingerprint density at radius 1 is 1.17 bits per heavy atom. The van der Waals surface area contributed by atoms with Crippen molar-refractivity contribution in [3.8, 4) is 5.82 Å². The molecule has 0 aliphatic carbocycles. The number of fused-ring (bicyclic) bond motifs is 1. The highest BCUT2D eigenvalue weighted by Gasteiger charge is 2.27. The van der Waals surface area contributed by atoms with Crippen molar-refractivity contribution in [1.82, 2.24) is 28.5 Å². The minimum atomic E-state index is -0.131. The van der Waals surface area contributed by atoms with Crippen LogP contribution < -0.4 is 10.2 Å². The highest BCUT2D eigenvalue weighted by molar-refractivity contribution is 7.00. The maximum absolute atomic E-state index is 12.9. The summed E-state index contributed by atoms with van der Waals surface area (Å²) < 4.78 is 10.2. The van der Waals surface area contributed by atoms with Crippen molar-refractivity contribution in [3.63, 3.8) is 0 Å². The molecule has 146 valence electrons. The van der Waals surface area contributed by atoms with Crippen LogP contribution >= 0.6 is 11.7 Å². The smallest absolute Gasteiger partial charge is 0.229 e. The Balaban J connectivity index is 1.32. The Labute approximate surface area is 170 Å². The number of nitrogens with one attached hydrogen (secondary N) is 1. The van der Waals surface area contributed by atoms with Crippen molar-refractivity contribution in [2.75, 3.05) is 23.3 Å². The fourth-order valence-corrected chi connectivity index (χ4v) is 4.13. The minimum absolute atomic E-state index is 0.00319. The average Bonchev–Trinajstić information content (AvgIpc) is 3.46. The lowest BCUT2D eigenvalue weighted by Gasteiger charge is -2.32. The Morgan fingerprint density at radius 2 is 2.10 bits per heavy atom. The molecule has 0 bridgehead atoms. The summed E-state index contributed by atoms with van der Waals surface area (Å²) in [6.07, 6.45) is 6.84. The van der Waals surface area contributed by atoms with E-state index >= 15 is 0 Å². The van der Waals surface area contributed by atoms with Gasteiger partial charge in [0.2, 0.25) is 5.91 Å². The molecular weight excluding hydrogens is 388 g/mol. The van der Waals surface area contributed by atoms with E-state index in [1.807, 2.05) is 36.5 Å². The van der Waals surface area contributed by atoms with Gasteiger partial charge in [-0.05, 0) is 31.0 Å². The molecule has 1 aliphatic heterocycles. The second-order valence-corrected chi connectivity index (χ2v) is 7.43. The number of anilines is 2. The molecule has 1 aliphatic rings. The van der Waals surface area contributed by atoms with Crippen LogP contribution in [0.3, 0.4) is 0 Å². The van der Waals surface area contributed by atoms with Crippen LogP contribution in [0.25, 0.3) is 16.9 Å². The van der Waals surface area contributed by atoms with Crippen molar-refractivity contribution < 1.29 is 4.79 Å². The lowest BCUT2D eigenvalue weighted by Crippen LogP contribution is -2.41. The fourth-order valence-electron chi connectivity index (χ4n) is 3.58. The van der Waals surface area contributed by atoms with Crippen LogP contribution in [-0.4, -0.2) is 47.5 Å². The van der Waals surface area contributed by atoms with Crippen LogP contribution in [0.4, 0.5) is 11.5 Å². The zero-order chi connectivity index (χ0) is 19.6. The van der Waals surface area contributed by atoms with Gasteiger partial charge in [-0.3, -0.25) is 4.79 Å². The van der Waals surface area contributed by atoms with Crippen LogP contribution in [0.2, 0.25) is 0 Å². The number of benzene rings is 1. The molecule has 0 radical (unpaired) electrons. The molecular formula is C19H18N8OS. The number of nitrogens with zero attached hydrogens (tertiary/aromatic N) is 7. The molecule has 9 nitrogen and oxygen atoms in total. The summed E-state index contributed by atoms with van der Waals surface area (Å²) in [5.41, 5.74) is 2.24. The van der Waals surface area contributed by atoms with E-state index in [0.29, 0.717) is 18.1 Å². The number of rotatable bonds is 4. The second-order valence-electron chi connectivity index (χ2n) is 6.90. The molecule has 1 atom stereocenters. The van der Waals surface area contributed by atoms with E-state index in [4.69, 9.17) is 0 Å². The van der Waals surface area contributed by atoms with Gasteiger partial charge in [-0.25, -0.2) is 14.6 Å². The summed E-state index contributed by atoms with van der Waals surface area (Å²) in [6, 6.07) is 9.38. The Morgan fingerprint density at radius 3 is 3.00 bits per heavy atom. The van der Waals surface area contributed by atoms with Gasteiger partial charge in [-0.1, -0.05) is 6.07 Å². The van der Waals surface area contributed by atoms with E-state index in [1.54, 1.807) is 10.9 Å². The molecule has 3 aromatic heterocycles. The third-order valence-corrected chi connectivity index (χ3v) is 5.58. The Hall–Kier alpha value is -3.40. The summed E-state index contributed by atoms with van der Waals surface area (Å²) in [7, 11) is 0. The topological polar surface area (TPSA) is 102 Å². The minimum Gasteiger partial charge on any atom is -0.356 e. The first-order valence-electron chi connectivity index (χ1n) is 9.37. The van der Waals surface area contributed by atoms with E-state index in [9.17, 15) is 4.79 Å². The highest BCUT2D eigenvalue weighted by atomic mass is 32.1. The molecule has 29 heavy (non-hydrogen) atoms. The lowest BCUT2D eigenvalue weighted by molar-refractivity contribution is -0.120. The number of carbonyl (C=O) groups is 1. The summed E-state index contributed by atoms with van der Waals surface area (Å²) in [4.78, 5) is 23.8. The van der Waals surface area contributed by atoms with E-state index in [-0.39, 0.29) is 11.8 Å². The van der Waals surface area contributed by atoms with Crippen molar-refractivity contribution in [3.05, 3.63) is 49.1 Å². The van der Waals surface area contributed by atoms with E-state index in [2.05, 4.69) is 34.0 Å². The predicted octanol–water partition coefficient (Wildman–Crippen LogP) is 2.52. The monoisotopic (exact) mass is 406 g/mol. The third-order valence-electron chi connectivity index (χ3n) is 5.04. The molecule has 5 rings (SSSR count). The normalized spacial score (nSPS) is 16.8. The molecule has 1 amide bonds. The van der Waals surface area contributed by atoms with Crippen LogP contribution in [-0.2, 0) is 4.79 Å². The van der Waals surface area contributed by atoms with E-state index < -0.39 is 0 Å². The van der Waals surface area contributed by atoms with Gasteiger partial charge in [0.15, 0.2) is 5.82 Å². The van der Waals surface area contributed by atoms with Crippen LogP contribution in [0.15, 0.2) is 49.1 Å². The molecule has 0 saturated carbocycles. The van der Waals surface area contributed by atoms with Crippen molar-refractivity contribution in [1.29, 1.82) is 0 Å². The van der Waals surface area contributed by atoms with Gasteiger partial charge in [0.25, 0.3) is 0 Å². The first kappa shape index (κ1) is 17.7. The van der Waals surface area contributed by atoms with Gasteiger partial charge >= 0.3 is 0 Å². The summed E-state index contributed by atoms with van der Waals surface area (Å²) >= 11 is 1.15. The van der Waals surface area contributed by atoms with Crippen molar-refractivity contribution >= 4 is 40.2 Å². The predicted molar refractivity (Wildman–Crippen MR) is 110 cm³/mol. The number of hydrogen-bond donors (Lipinski definition) is 1. The zero-order valence-electron chi connectivity index (χ0n) is 15.5. The number of hydrogen-bond acceptors (Lipinski definition) is 8.